The molecular weight excluding hydrogens is 206 g/mol. The average molecular weight is 221 g/mol. The molecule has 0 unspecified atom stereocenters. The SMILES string of the molecule is CCCc1c(C(N)=O)cccc1C(=O)OC. The van der Waals surface area contributed by atoms with Crippen molar-refractivity contribution in [1.82, 2.24) is 0 Å². The first-order valence-corrected chi connectivity index (χ1v) is 5.11. The van der Waals surface area contributed by atoms with Gasteiger partial charge in [0.05, 0.1) is 12.7 Å². The Morgan fingerprint density at radius 2 is 1.94 bits per heavy atom. The summed E-state index contributed by atoms with van der Waals surface area (Å²) in [5, 5.41) is 0. The second-order valence-corrected chi connectivity index (χ2v) is 3.44. The fraction of sp³-hybridized carbons (Fsp3) is 0.333. The van der Waals surface area contributed by atoms with Gasteiger partial charge in [0.2, 0.25) is 5.91 Å². The van der Waals surface area contributed by atoms with Crippen LogP contribution in [-0.4, -0.2) is 19.0 Å². The van der Waals surface area contributed by atoms with Crippen LogP contribution >= 0.6 is 0 Å². The quantitative estimate of drug-likeness (QED) is 0.784. The first-order chi connectivity index (χ1) is 7.61. The van der Waals surface area contributed by atoms with Gasteiger partial charge in [-0.3, -0.25) is 4.79 Å². The van der Waals surface area contributed by atoms with Crippen molar-refractivity contribution in [2.75, 3.05) is 7.11 Å². The van der Waals surface area contributed by atoms with Gasteiger partial charge in [-0.1, -0.05) is 19.4 Å². The van der Waals surface area contributed by atoms with E-state index in [1.54, 1.807) is 18.2 Å². The first-order valence-electron chi connectivity index (χ1n) is 5.11. The van der Waals surface area contributed by atoms with Crippen molar-refractivity contribution >= 4 is 11.9 Å². The highest BCUT2D eigenvalue weighted by molar-refractivity contribution is 5.99. The van der Waals surface area contributed by atoms with E-state index in [4.69, 9.17) is 5.73 Å². The van der Waals surface area contributed by atoms with E-state index in [1.165, 1.54) is 7.11 Å². The topological polar surface area (TPSA) is 69.4 Å². The van der Waals surface area contributed by atoms with Gasteiger partial charge in [-0.25, -0.2) is 4.79 Å². The molecule has 1 amide bonds. The largest absolute Gasteiger partial charge is 0.465 e. The molecule has 0 bridgehead atoms. The maximum absolute atomic E-state index is 11.5. The molecule has 0 atom stereocenters. The van der Waals surface area contributed by atoms with Crippen molar-refractivity contribution in [2.45, 2.75) is 19.8 Å². The van der Waals surface area contributed by atoms with Crippen LogP contribution in [0.5, 0.6) is 0 Å². The summed E-state index contributed by atoms with van der Waals surface area (Å²) in [4.78, 5) is 22.7. The van der Waals surface area contributed by atoms with Gasteiger partial charge < -0.3 is 10.5 Å². The third kappa shape index (κ3) is 2.39. The van der Waals surface area contributed by atoms with Gasteiger partial charge in [-0.05, 0) is 24.1 Å². The van der Waals surface area contributed by atoms with Crippen LogP contribution < -0.4 is 5.73 Å². The number of primary amides is 1. The molecule has 1 aromatic carbocycles. The summed E-state index contributed by atoms with van der Waals surface area (Å²) in [6.07, 6.45) is 1.46. The minimum atomic E-state index is -0.519. The summed E-state index contributed by atoms with van der Waals surface area (Å²) < 4.78 is 4.67. The molecular formula is C12H15NO3. The molecule has 0 aliphatic rings. The molecule has 2 N–H and O–H groups in total. The van der Waals surface area contributed by atoms with Crippen molar-refractivity contribution in [3.63, 3.8) is 0 Å². The molecule has 0 saturated heterocycles. The zero-order chi connectivity index (χ0) is 12.1. The predicted octanol–water partition coefficient (Wildman–Crippen LogP) is 1.52. The second kappa shape index (κ2) is 5.30. The highest BCUT2D eigenvalue weighted by Crippen LogP contribution is 2.17. The molecule has 86 valence electrons. The van der Waals surface area contributed by atoms with Crippen LogP contribution in [0.2, 0.25) is 0 Å². The van der Waals surface area contributed by atoms with Crippen LogP contribution in [0.25, 0.3) is 0 Å². The number of carbonyl (C=O) groups excluding carboxylic acids is 2. The molecule has 0 saturated carbocycles. The predicted molar refractivity (Wildman–Crippen MR) is 60.3 cm³/mol. The summed E-state index contributed by atoms with van der Waals surface area (Å²) in [6, 6.07) is 4.90. The van der Waals surface area contributed by atoms with Gasteiger partial charge in [0, 0.05) is 5.56 Å². The second-order valence-electron chi connectivity index (χ2n) is 3.44. The van der Waals surface area contributed by atoms with Crippen molar-refractivity contribution in [1.29, 1.82) is 0 Å². The normalized spacial score (nSPS) is 9.88. The van der Waals surface area contributed by atoms with Crippen molar-refractivity contribution in [3.05, 3.63) is 34.9 Å². The van der Waals surface area contributed by atoms with E-state index in [0.29, 0.717) is 23.1 Å². The van der Waals surface area contributed by atoms with Crippen LogP contribution in [-0.2, 0) is 11.2 Å². The zero-order valence-corrected chi connectivity index (χ0v) is 9.45. The van der Waals surface area contributed by atoms with E-state index < -0.39 is 11.9 Å². The van der Waals surface area contributed by atoms with Crippen molar-refractivity contribution in [3.8, 4) is 0 Å². The molecule has 1 rings (SSSR count). The highest BCUT2D eigenvalue weighted by Gasteiger charge is 2.16. The Balaban J connectivity index is 3.32. The Bertz CT molecular complexity index is 413. The van der Waals surface area contributed by atoms with Gasteiger partial charge in [0.15, 0.2) is 0 Å². The molecule has 0 fully saturated rings. The van der Waals surface area contributed by atoms with Crippen molar-refractivity contribution < 1.29 is 14.3 Å². The zero-order valence-electron chi connectivity index (χ0n) is 9.45. The number of carbonyl (C=O) groups is 2. The van der Waals surface area contributed by atoms with Crippen LogP contribution in [0.15, 0.2) is 18.2 Å². The lowest BCUT2D eigenvalue weighted by molar-refractivity contribution is 0.0599. The standard InChI is InChI=1S/C12H15NO3/c1-3-5-8-9(11(13)14)6-4-7-10(8)12(15)16-2/h4,6-7H,3,5H2,1-2H3,(H2,13,14). The van der Waals surface area contributed by atoms with E-state index in [-0.39, 0.29) is 0 Å². The molecule has 0 radical (unpaired) electrons. The molecule has 16 heavy (non-hydrogen) atoms. The number of esters is 1. The summed E-state index contributed by atoms with van der Waals surface area (Å²) >= 11 is 0. The number of rotatable bonds is 4. The number of ether oxygens (including phenoxy) is 1. The molecule has 0 aromatic heterocycles. The third-order valence-corrected chi connectivity index (χ3v) is 2.35. The van der Waals surface area contributed by atoms with Gasteiger partial charge in [0.1, 0.15) is 0 Å². The molecule has 0 aliphatic carbocycles. The van der Waals surface area contributed by atoms with Gasteiger partial charge in [-0.2, -0.15) is 0 Å². The minimum Gasteiger partial charge on any atom is -0.465 e. The average Bonchev–Trinajstić information content (AvgIpc) is 2.28. The fourth-order valence-corrected chi connectivity index (χ4v) is 1.64. The molecule has 1 aromatic rings. The minimum absolute atomic E-state index is 0.393. The Morgan fingerprint density at radius 1 is 1.31 bits per heavy atom. The fourth-order valence-electron chi connectivity index (χ4n) is 1.64. The Labute approximate surface area is 94.4 Å². The summed E-state index contributed by atoms with van der Waals surface area (Å²) in [7, 11) is 1.31. The Kier molecular flexibility index (Phi) is 4.05. The molecule has 0 spiro atoms. The van der Waals surface area contributed by atoms with Crippen LogP contribution in [0.1, 0.15) is 39.6 Å². The van der Waals surface area contributed by atoms with E-state index in [2.05, 4.69) is 4.74 Å². The maximum Gasteiger partial charge on any atom is 0.338 e. The third-order valence-electron chi connectivity index (χ3n) is 2.35. The number of hydrogen-bond acceptors (Lipinski definition) is 3. The van der Waals surface area contributed by atoms with Crippen LogP contribution in [0, 0.1) is 0 Å². The Hall–Kier alpha value is -1.84. The molecule has 0 heterocycles. The van der Waals surface area contributed by atoms with Crippen molar-refractivity contribution in [2.24, 2.45) is 5.73 Å². The van der Waals surface area contributed by atoms with Gasteiger partial charge in [0.25, 0.3) is 0 Å². The van der Waals surface area contributed by atoms with Crippen LogP contribution in [0.3, 0.4) is 0 Å². The van der Waals surface area contributed by atoms with E-state index in [9.17, 15) is 9.59 Å². The number of benzene rings is 1. The Morgan fingerprint density at radius 3 is 2.44 bits per heavy atom. The number of methoxy groups -OCH3 is 1. The summed E-state index contributed by atoms with van der Waals surface area (Å²) in [5.41, 5.74) is 6.75. The monoisotopic (exact) mass is 221 g/mol. The van der Waals surface area contributed by atoms with E-state index in [0.717, 1.165) is 6.42 Å². The summed E-state index contributed by atoms with van der Waals surface area (Å²) in [6.45, 7) is 1.97. The van der Waals surface area contributed by atoms with Gasteiger partial charge >= 0.3 is 5.97 Å². The highest BCUT2D eigenvalue weighted by atomic mass is 16.5. The number of nitrogens with two attached hydrogens (primary N) is 1. The molecule has 4 heteroatoms. The number of hydrogen-bond donors (Lipinski definition) is 1. The van der Waals surface area contributed by atoms with Crippen LogP contribution in [0.4, 0.5) is 0 Å². The molecule has 4 nitrogen and oxygen atoms in total. The smallest absolute Gasteiger partial charge is 0.338 e. The maximum atomic E-state index is 11.5. The van der Waals surface area contributed by atoms with Gasteiger partial charge in [-0.15, -0.1) is 0 Å². The summed E-state index contributed by atoms with van der Waals surface area (Å²) in [5.74, 6) is -0.958. The molecule has 0 aliphatic heterocycles. The lowest BCUT2D eigenvalue weighted by Crippen LogP contribution is -2.17. The van der Waals surface area contributed by atoms with E-state index >= 15 is 0 Å². The lowest BCUT2D eigenvalue weighted by atomic mass is 9.97. The first kappa shape index (κ1) is 12.2. The number of amides is 1. The van der Waals surface area contributed by atoms with E-state index in [1.807, 2.05) is 6.92 Å². The lowest BCUT2D eigenvalue weighted by Gasteiger charge is -2.10.